The zero-order valence-corrected chi connectivity index (χ0v) is 10.1. The van der Waals surface area contributed by atoms with E-state index in [0.717, 1.165) is 6.07 Å². The van der Waals surface area contributed by atoms with Gasteiger partial charge in [0.05, 0.1) is 5.02 Å². The summed E-state index contributed by atoms with van der Waals surface area (Å²) in [6.45, 7) is -0.348. The second kappa shape index (κ2) is 6.21. The highest BCUT2D eigenvalue weighted by molar-refractivity contribution is 7.80. The fourth-order valence-corrected chi connectivity index (χ4v) is 1.12. The van der Waals surface area contributed by atoms with Crippen LogP contribution in [0, 0.1) is 5.82 Å². The Balaban J connectivity index is 2.47. The van der Waals surface area contributed by atoms with Crippen molar-refractivity contribution in [3.05, 3.63) is 29.0 Å². The highest BCUT2D eigenvalue weighted by atomic mass is 35.5. The van der Waals surface area contributed by atoms with Crippen molar-refractivity contribution in [2.24, 2.45) is 5.73 Å². The van der Waals surface area contributed by atoms with Crippen molar-refractivity contribution in [3.8, 4) is 5.75 Å². The predicted octanol–water partition coefficient (Wildman–Crippen LogP) is 0.722. The molecule has 0 atom stereocenters. The van der Waals surface area contributed by atoms with E-state index in [1.54, 1.807) is 0 Å². The highest BCUT2D eigenvalue weighted by Crippen LogP contribution is 2.24. The molecule has 0 fully saturated rings. The maximum atomic E-state index is 12.8. The third kappa shape index (κ3) is 4.83. The number of rotatable bonds is 3. The van der Waals surface area contributed by atoms with Crippen LogP contribution in [0.3, 0.4) is 0 Å². The van der Waals surface area contributed by atoms with Gasteiger partial charge in [0.15, 0.2) is 11.7 Å². The summed E-state index contributed by atoms with van der Waals surface area (Å²) in [6, 6.07) is 3.59. The fourth-order valence-electron chi connectivity index (χ4n) is 0.899. The summed E-state index contributed by atoms with van der Waals surface area (Å²) in [7, 11) is 0. The van der Waals surface area contributed by atoms with Crippen LogP contribution in [0.4, 0.5) is 4.39 Å². The summed E-state index contributed by atoms with van der Waals surface area (Å²) in [5.74, 6) is -0.957. The number of benzene rings is 1. The Labute approximate surface area is 107 Å². The van der Waals surface area contributed by atoms with Crippen LogP contribution in [0.2, 0.25) is 5.02 Å². The number of ether oxygens (including phenoxy) is 1. The average Bonchev–Trinajstić information content (AvgIpc) is 2.27. The van der Waals surface area contributed by atoms with Gasteiger partial charge in [-0.3, -0.25) is 15.6 Å². The Morgan fingerprint density at radius 2 is 2.24 bits per heavy atom. The first-order valence-electron chi connectivity index (χ1n) is 4.41. The molecule has 0 saturated heterocycles. The topological polar surface area (TPSA) is 76.4 Å². The van der Waals surface area contributed by atoms with Crippen LogP contribution in [-0.4, -0.2) is 17.6 Å². The van der Waals surface area contributed by atoms with E-state index in [1.165, 1.54) is 12.1 Å². The van der Waals surface area contributed by atoms with Crippen molar-refractivity contribution in [3.63, 3.8) is 0 Å². The number of nitrogens with two attached hydrogens (primary N) is 1. The summed E-state index contributed by atoms with van der Waals surface area (Å²) in [6.07, 6.45) is 0. The van der Waals surface area contributed by atoms with Gasteiger partial charge in [0.2, 0.25) is 0 Å². The van der Waals surface area contributed by atoms with E-state index in [-0.39, 0.29) is 22.5 Å². The van der Waals surface area contributed by atoms with Gasteiger partial charge >= 0.3 is 0 Å². The second-order valence-electron chi connectivity index (χ2n) is 2.90. The molecule has 0 aliphatic carbocycles. The van der Waals surface area contributed by atoms with Gasteiger partial charge in [0.1, 0.15) is 11.6 Å². The van der Waals surface area contributed by atoms with Gasteiger partial charge in [-0.05, 0) is 24.4 Å². The lowest BCUT2D eigenvalue weighted by Crippen LogP contribution is -2.46. The molecule has 0 aromatic heterocycles. The third-order valence-electron chi connectivity index (χ3n) is 1.58. The molecule has 0 bridgehead atoms. The van der Waals surface area contributed by atoms with Crippen LogP contribution in [0.25, 0.3) is 0 Å². The molecule has 0 aliphatic heterocycles. The van der Waals surface area contributed by atoms with Crippen LogP contribution >= 0.6 is 23.8 Å². The average molecular weight is 278 g/mol. The molecule has 1 amide bonds. The lowest BCUT2D eigenvalue weighted by atomic mass is 10.3. The summed E-state index contributed by atoms with van der Waals surface area (Å²) in [5.41, 5.74) is 9.49. The van der Waals surface area contributed by atoms with Crippen LogP contribution in [0.1, 0.15) is 0 Å². The molecule has 17 heavy (non-hydrogen) atoms. The Kier molecular flexibility index (Phi) is 4.92. The van der Waals surface area contributed by atoms with E-state index >= 15 is 0 Å². The van der Waals surface area contributed by atoms with Crippen molar-refractivity contribution < 1.29 is 13.9 Å². The van der Waals surface area contributed by atoms with Gasteiger partial charge in [-0.25, -0.2) is 4.39 Å². The third-order valence-corrected chi connectivity index (χ3v) is 1.99. The van der Waals surface area contributed by atoms with E-state index in [9.17, 15) is 9.18 Å². The maximum Gasteiger partial charge on any atom is 0.276 e. The molecule has 0 aliphatic rings. The largest absolute Gasteiger partial charge is 0.482 e. The number of hydrogen-bond donors (Lipinski definition) is 3. The fraction of sp³-hybridized carbons (Fsp3) is 0.111. The quantitative estimate of drug-likeness (QED) is 0.561. The molecular formula is C9H9ClFN3O2S. The molecule has 0 saturated carbocycles. The van der Waals surface area contributed by atoms with Gasteiger partial charge in [0, 0.05) is 6.07 Å². The lowest BCUT2D eigenvalue weighted by molar-refractivity contribution is -0.123. The normalized spacial score (nSPS) is 9.53. The van der Waals surface area contributed by atoms with Crippen molar-refractivity contribution in [2.75, 3.05) is 6.61 Å². The van der Waals surface area contributed by atoms with Gasteiger partial charge < -0.3 is 10.5 Å². The predicted molar refractivity (Wildman–Crippen MR) is 65.0 cm³/mol. The molecule has 8 heteroatoms. The molecule has 1 rings (SSSR count). The van der Waals surface area contributed by atoms with Crippen LogP contribution < -0.4 is 21.3 Å². The molecular weight excluding hydrogens is 269 g/mol. The van der Waals surface area contributed by atoms with E-state index in [0.29, 0.717) is 0 Å². The molecule has 0 unspecified atom stereocenters. The van der Waals surface area contributed by atoms with E-state index in [1.807, 2.05) is 0 Å². The molecule has 1 aromatic rings. The first-order chi connectivity index (χ1) is 7.99. The number of carbonyl (C=O) groups excluding carboxylic acids is 1. The number of carbonyl (C=O) groups is 1. The number of nitrogens with one attached hydrogen (secondary N) is 2. The van der Waals surface area contributed by atoms with Crippen molar-refractivity contribution in [1.82, 2.24) is 10.9 Å². The minimum Gasteiger partial charge on any atom is -0.482 e. The zero-order chi connectivity index (χ0) is 12.8. The Hall–Kier alpha value is -1.60. The monoisotopic (exact) mass is 277 g/mol. The van der Waals surface area contributed by atoms with E-state index < -0.39 is 11.7 Å². The van der Waals surface area contributed by atoms with Gasteiger partial charge in [-0.15, -0.1) is 0 Å². The Morgan fingerprint density at radius 3 is 2.88 bits per heavy atom. The van der Waals surface area contributed by atoms with Gasteiger partial charge in [-0.2, -0.15) is 0 Å². The molecule has 5 nitrogen and oxygen atoms in total. The molecule has 0 radical (unpaired) electrons. The summed E-state index contributed by atoms with van der Waals surface area (Å²) < 4.78 is 17.8. The molecule has 0 heterocycles. The van der Waals surface area contributed by atoms with E-state index in [4.69, 9.17) is 22.1 Å². The molecule has 92 valence electrons. The number of hydrazine groups is 1. The van der Waals surface area contributed by atoms with Crippen LogP contribution in [0.15, 0.2) is 18.2 Å². The minimum absolute atomic E-state index is 0.0807. The minimum atomic E-state index is -0.530. The molecule has 0 spiro atoms. The summed E-state index contributed by atoms with van der Waals surface area (Å²) in [5, 5.41) is 0.128. The van der Waals surface area contributed by atoms with Crippen molar-refractivity contribution in [2.45, 2.75) is 0 Å². The van der Waals surface area contributed by atoms with Gasteiger partial charge in [-0.1, -0.05) is 11.6 Å². The van der Waals surface area contributed by atoms with Crippen LogP contribution in [0.5, 0.6) is 5.75 Å². The standard InChI is InChI=1S/C9H9ClFN3O2S/c10-6-2-1-5(11)3-7(6)16-4-8(15)13-14-9(12)17/h1-3H,4H2,(H,13,15)(H3,12,14,17). The van der Waals surface area contributed by atoms with Crippen molar-refractivity contribution >= 4 is 34.8 Å². The zero-order valence-electron chi connectivity index (χ0n) is 8.50. The summed E-state index contributed by atoms with van der Waals surface area (Å²) >= 11 is 10.2. The van der Waals surface area contributed by atoms with Crippen molar-refractivity contribution in [1.29, 1.82) is 0 Å². The number of amides is 1. The lowest BCUT2D eigenvalue weighted by Gasteiger charge is -2.09. The Morgan fingerprint density at radius 1 is 1.53 bits per heavy atom. The summed E-state index contributed by atoms with van der Waals surface area (Å²) in [4.78, 5) is 11.2. The first kappa shape index (κ1) is 13.5. The maximum absolute atomic E-state index is 12.8. The number of thiocarbonyl (C=S) groups is 1. The number of hydrogen-bond acceptors (Lipinski definition) is 3. The highest BCUT2D eigenvalue weighted by Gasteiger charge is 2.06. The SMILES string of the molecule is NC(=S)NNC(=O)COc1cc(F)ccc1Cl. The van der Waals surface area contributed by atoms with Gasteiger partial charge in [0.25, 0.3) is 5.91 Å². The molecule has 1 aromatic carbocycles. The molecule has 4 N–H and O–H groups in total. The number of halogens is 2. The second-order valence-corrected chi connectivity index (χ2v) is 3.75. The smallest absolute Gasteiger partial charge is 0.276 e. The van der Waals surface area contributed by atoms with E-state index in [2.05, 4.69) is 23.1 Å². The first-order valence-corrected chi connectivity index (χ1v) is 5.20. The van der Waals surface area contributed by atoms with Crippen LogP contribution in [-0.2, 0) is 4.79 Å². The Bertz CT molecular complexity index is 444.